The molecule has 3 heteroatoms. The van der Waals surface area contributed by atoms with Gasteiger partial charge in [0, 0.05) is 5.75 Å². The lowest BCUT2D eigenvalue weighted by Crippen LogP contribution is -2.20. The van der Waals surface area contributed by atoms with Crippen molar-refractivity contribution in [1.82, 2.24) is 0 Å². The molecule has 0 amide bonds. The van der Waals surface area contributed by atoms with Gasteiger partial charge in [0.2, 0.25) is 0 Å². The molecule has 1 aliphatic heterocycles. The second kappa shape index (κ2) is 11.6. The highest BCUT2D eigenvalue weighted by Crippen LogP contribution is 2.25. The Morgan fingerprint density at radius 2 is 1.58 bits per heavy atom. The first-order valence-corrected chi connectivity index (χ1v) is 9.09. The number of unbranched alkanes of at least 4 members (excludes halogenated alkanes) is 9. The molecule has 0 N–H and O–H groups in total. The van der Waals surface area contributed by atoms with E-state index in [9.17, 15) is 4.79 Å². The first-order chi connectivity index (χ1) is 9.34. The Bertz CT molecular complexity index is 231. The Labute approximate surface area is 123 Å². The molecule has 0 aromatic carbocycles. The standard InChI is InChI=1S/C16H30O2S/c1-2-3-4-5-6-7-8-9-10-11-12-15-13-14-19-18-16(15)17/h15H,2-14H2,1H3. The number of carbonyl (C=O) groups excluding carboxylic acids is 1. The van der Waals surface area contributed by atoms with E-state index in [4.69, 9.17) is 4.18 Å². The summed E-state index contributed by atoms with van der Waals surface area (Å²) in [7, 11) is 0. The Morgan fingerprint density at radius 1 is 1.00 bits per heavy atom. The zero-order valence-corrected chi connectivity index (χ0v) is 13.3. The molecule has 0 aromatic rings. The fourth-order valence-corrected chi connectivity index (χ4v) is 3.33. The van der Waals surface area contributed by atoms with Crippen molar-refractivity contribution >= 4 is 18.0 Å². The van der Waals surface area contributed by atoms with Gasteiger partial charge in [-0.25, -0.2) is 0 Å². The van der Waals surface area contributed by atoms with Gasteiger partial charge in [0.1, 0.15) is 0 Å². The van der Waals surface area contributed by atoms with Gasteiger partial charge in [-0.05, 0) is 12.8 Å². The maximum atomic E-state index is 11.4. The maximum Gasteiger partial charge on any atom is 0.320 e. The van der Waals surface area contributed by atoms with E-state index in [1.165, 1.54) is 76.3 Å². The zero-order chi connectivity index (χ0) is 13.8. The predicted octanol–water partition coefficient (Wildman–Crippen LogP) is 5.51. The Hall–Kier alpha value is -0.180. The van der Waals surface area contributed by atoms with Crippen molar-refractivity contribution in [2.75, 3.05) is 5.75 Å². The van der Waals surface area contributed by atoms with Crippen LogP contribution in [0.2, 0.25) is 0 Å². The Kier molecular flexibility index (Phi) is 10.3. The van der Waals surface area contributed by atoms with Gasteiger partial charge in [0.05, 0.1) is 18.0 Å². The van der Waals surface area contributed by atoms with Gasteiger partial charge < -0.3 is 4.18 Å². The Morgan fingerprint density at radius 3 is 2.16 bits per heavy atom. The summed E-state index contributed by atoms with van der Waals surface area (Å²) < 4.78 is 5.01. The molecular weight excluding hydrogens is 256 g/mol. The minimum absolute atomic E-state index is 0.0205. The van der Waals surface area contributed by atoms with E-state index < -0.39 is 0 Å². The first-order valence-electron chi connectivity index (χ1n) is 8.18. The van der Waals surface area contributed by atoms with Crippen molar-refractivity contribution in [2.24, 2.45) is 5.92 Å². The quantitative estimate of drug-likeness (QED) is 0.370. The number of carbonyl (C=O) groups is 1. The van der Waals surface area contributed by atoms with Gasteiger partial charge in [-0.2, -0.15) is 0 Å². The fourth-order valence-electron chi connectivity index (χ4n) is 2.62. The van der Waals surface area contributed by atoms with E-state index in [2.05, 4.69) is 6.92 Å². The summed E-state index contributed by atoms with van der Waals surface area (Å²) in [6.07, 6.45) is 15.6. The maximum absolute atomic E-state index is 11.4. The molecule has 1 heterocycles. The van der Waals surface area contributed by atoms with Crippen LogP contribution in [0.5, 0.6) is 0 Å². The van der Waals surface area contributed by atoms with Crippen LogP contribution in [0.4, 0.5) is 0 Å². The highest BCUT2D eigenvalue weighted by Gasteiger charge is 2.24. The topological polar surface area (TPSA) is 26.3 Å². The van der Waals surface area contributed by atoms with E-state index in [-0.39, 0.29) is 11.9 Å². The molecule has 1 unspecified atom stereocenters. The summed E-state index contributed by atoms with van der Waals surface area (Å²) in [6, 6.07) is 0. The van der Waals surface area contributed by atoms with E-state index in [1.54, 1.807) is 0 Å². The van der Waals surface area contributed by atoms with Crippen molar-refractivity contribution < 1.29 is 8.98 Å². The Balaban J connectivity index is 1.82. The molecule has 0 aromatic heterocycles. The molecule has 1 atom stereocenters. The fraction of sp³-hybridized carbons (Fsp3) is 0.938. The summed E-state index contributed by atoms with van der Waals surface area (Å²) in [5, 5.41) is 0. The normalized spacial score (nSPS) is 19.4. The van der Waals surface area contributed by atoms with Crippen LogP contribution in [0.25, 0.3) is 0 Å². The highest BCUT2D eigenvalue weighted by atomic mass is 32.2. The van der Waals surface area contributed by atoms with Crippen molar-refractivity contribution in [3.8, 4) is 0 Å². The minimum atomic E-state index is 0.0205. The van der Waals surface area contributed by atoms with Gasteiger partial charge in [0.15, 0.2) is 0 Å². The molecule has 0 saturated carbocycles. The molecule has 1 aliphatic rings. The van der Waals surface area contributed by atoms with Gasteiger partial charge in [-0.3, -0.25) is 4.79 Å². The average molecular weight is 286 g/mol. The van der Waals surface area contributed by atoms with Crippen LogP contribution in [-0.4, -0.2) is 11.7 Å². The summed E-state index contributed by atoms with van der Waals surface area (Å²) in [5.41, 5.74) is 0. The van der Waals surface area contributed by atoms with Crippen molar-refractivity contribution in [3.05, 3.63) is 0 Å². The van der Waals surface area contributed by atoms with Crippen LogP contribution in [0.15, 0.2) is 0 Å². The number of hydrogen-bond acceptors (Lipinski definition) is 3. The van der Waals surface area contributed by atoms with Crippen molar-refractivity contribution in [3.63, 3.8) is 0 Å². The molecular formula is C16H30O2S. The van der Waals surface area contributed by atoms with Crippen LogP contribution in [0.1, 0.15) is 84.0 Å². The number of rotatable bonds is 11. The average Bonchev–Trinajstić information content (AvgIpc) is 2.43. The molecule has 19 heavy (non-hydrogen) atoms. The third kappa shape index (κ3) is 8.56. The first kappa shape index (κ1) is 16.9. The molecule has 1 rings (SSSR count). The van der Waals surface area contributed by atoms with E-state index >= 15 is 0 Å². The van der Waals surface area contributed by atoms with Crippen molar-refractivity contribution in [2.45, 2.75) is 84.0 Å². The van der Waals surface area contributed by atoms with Crippen LogP contribution in [0.3, 0.4) is 0 Å². The molecule has 2 nitrogen and oxygen atoms in total. The van der Waals surface area contributed by atoms with Crippen LogP contribution in [-0.2, 0) is 8.98 Å². The van der Waals surface area contributed by atoms with Gasteiger partial charge in [0.25, 0.3) is 0 Å². The molecule has 0 spiro atoms. The molecule has 0 aliphatic carbocycles. The lowest BCUT2D eigenvalue weighted by molar-refractivity contribution is -0.138. The monoisotopic (exact) mass is 286 g/mol. The van der Waals surface area contributed by atoms with Crippen molar-refractivity contribution in [1.29, 1.82) is 0 Å². The molecule has 112 valence electrons. The SMILES string of the molecule is CCCCCCCCCCCCC1CCSOC1=O. The van der Waals surface area contributed by atoms with E-state index in [0.717, 1.165) is 18.6 Å². The lowest BCUT2D eigenvalue weighted by atomic mass is 9.98. The van der Waals surface area contributed by atoms with Gasteiger partial charge in [-0.15, -0.1) is 0 Å². The second-order valence-electron chi connectivity index (χ2n) is 5.68. The summed E-state index contributed by atoms with van der Waals surface area (Å²) in [4.78, 5) is 11.4. The summed E-state index contributed by atoms with van der Waals surface area (Å²) >= 11 is 1.32. The van der Waals surface area contributed by atoms with Crippen LogP contribution >= 0.6 is 12.0 Å². The van der Waals surface area contributed by atoms with Crippen LogP contribution in [0, 0.1) is 5.92 Å². The minimum Gasteiger partial charge on any atom is -0.391 e. The predicted molar refractivity (Wildman–Crippen MR) is 83.1 cm³/mol. The van der Waals surface area contributed by atoms with Gasteiger partial charge >= 0.3 is 5.97 Å². The highest BCUT2D eigenvalue weighted by molar-refractivity contribution is 7.95. The lowest BCUT2D eigenvalue weighted by Gasteiger charge is -2.18. The zero-order valence-electron chi connectivity index (χ0n) is 12.5. The molecule has 1 fully saturated rings. The second-order valence-corrected chi connectivity index (χ2v) is 6.49. The largest absolute Gasteiger partial charge is 0.391 e. The smallest absolute Gasteiger partial charge is 0.320 e. The van der Waals surface area contributed by atoms with E-state index in [1.807, 2.05) is 0 Å². The van der Waals surface area contributed by atoms with Gasteiger partial charge in [-0.1, -0.05) is 71.1 Å². The summed E-state index contributed by atoms with van der Waals surface area (Å²) in [6.45, 7) is 2.26. The third-order valence-corrected chi connectivity index (χ3v) is 4.61. The van der Waals surface area contributed by atoms with E-state index in [0.29, 0.717) is 0 Å². The third-order valence-electron chi connectivity index (χ3n) is 3.93. The molecule has 0 radical (unpaired) electrons. The molecule has 1 saturated heterocycles. The number of hydrogen-bond donors (Lipinski definition) is 0. The molecule has 0 bridgehead atoms. The summed E-state index contributed by atoms with van der Waals surface area (Å²) in [5.74, 6) is 1.19. The van der Waals surface area contributed by atoms with Crippen LogP contribution < -0.4 is 0 Å².